The van der Waals surface area contributed by atoms with Crippen molar-refractivity contribution in [1.82, 2.24) is 9.62 Å². The van der Waals surface area contributed by atoms with Crippen LogP contribution in [0.1, 0.15) is 25.3 Å². The van der Waals surface area contributed by atoms with E-state index < -0.39 is 10.0 Å². The molecule has 0 spiro atoms. The molecular weight excluding hydrogens is 268 g/mol. The third-order valence-corrected chi connectivity index (χ3v) is 6.20. The summed E-state index contributed by atoms with van der Waals surface area (Å²) >= 11 is 1.61. The third kappa shape index (κ3) is 3.12. The van der Waals surface area contributed by atoms with E-state index in [4.69, 9.17) is 0 Å². The first-order valence-electron chi connectivity index (χ1n) is 6.22. The summed E-state index contributed by atoms with van der Waals surface area (Å²) in [6, 6.07) is 2.22. The molecule has 4 nitrogen and oxygen atoms in total. The summed E-state index contributed by atoms with van der Waals surface area (Å²) in [5.74, 6) is 0. The first-order valence-corrected chi connectivity index (χ1v) is 8.66. The van der Waals surface area contributed by atoms with E-state index in [-0.39, 0.29) is 11.3 Å². The van der Waals surface area contributed by atoms with Crippen molar-refractivity contribution in [3.05, 3.63) is 22.4 Å². The van der Waals surface area contributed by atoms with Gasteiger partial charge in [0, 0.05) is 19.1 Å². The topological polar surface area (TPSA) is 49.4 Å². The van der Waals surface area contributed by atoms with Crippen molar-refractivity contribution in [2.24, 2.45) is 0 Å². The summed E-state index contributed by atoms with van der Waals surface area (Å²) in [5.41, 5.74) is 1.09. The highest BCUT2D eigenvalue weighted by molar-refractivity contribution is 7.89. The second-order valence-electron chi connectivity index (χ2n) is 4.82. The molecule has 1 atom stereocenters. The molecule has 0 radical (unpaired) electrons. The van der Waals surface area contributed by atoms with Crippen molar-refractivity contribution in [1.29, 1.82) is 0 Å². The van der Waals surface area contributed by atoms with Gasteiger partial charge >= 0.3 is 0 Å². The highest BCUT2D eigenvalue weighted by Gasteiger charge is 2.39. The third-order valence-electron chi connectivity index (χ3n) is 3.20. The van der Waals surface area contributed by atoms with Gasteiger partial charge in [-0.05, 0) is 49.2 Å². The number of hydrogen-bond donors (Lipinski definition) is 1. The summed E-state index contributed by atoms with van der Waals surface area (Å²) in [5, 5.41) is 6.58. The molecule has 0 aliphatic heterocycles. The van der Waals surface area contributed by atoms with Gasteiger partial charge in [0.2, 0.25) is 10.0 Å². The minimum absolute atomic E-state index is 0.217. The van der Waals surface area contributed by atoms with Crippen LogP contribution in [0.25, 0.3) is 0 Å². The summed E-state index contributed by atoms with van der Waals surface area (Å²) in [4.78, 5) is 0. The average molecular weight is 288 g/mol. The van der Waals surface area contributed by atoms with Gasteiger partial charge in [-0.25, -0.2) is 8.42 Å². The summed E-state index contributed by atoms with van der Waals surface area (Å²) in [6.07, 6.45) is 1.99. The van der Waals surface area contributed by atoms with Crippen LogP contribution in [-0.2, 0) is 16.6 Å². The smallest absolute Gasteiger partial charge is 0.218 e. The summed E-state index contributed by atoms with van der Waals surface area (Å²) < 4.78 is 26.7. The van der Waals surface area contributed by atoms with Crippen molar-refractivity contribution >= 4 is 21.4 Å². The quantitative estimate of drug-likeness (QED) is 0.830. The fourth-order valence-corrected chi connectivity index (χ4v) is 4.43. The lowest BCUT2D eigenvalue weighted by Crippen LogP contribution is -2.42. The van der Waals surface area contributed by atoms with Crippen LogP contribution < -0.4 is 5.32 Å². The maximum atomic E-state index is 12.5. The molecule has 6 heteroatoms. The zero-order valence-electron chi connectivity index (χ0n) is 10.8. The molecule has 0 aromatic carbocycles. The van der Waals surface area contributed by atoms with Gasteiger partial charge in [0.1, 0.15) is 0 Å². The monoisotopic (exact) mass is 288 g/mol. The maximum Gasteiger partial charge on any atom is 0.218 e. The van der Waals surface area contributed by atoms with Crippen LogP contribution in [0.2, 0.25) is 0 Å². The number of nitrogens with one attached hydrogen (secondary N) is 1. The molecule has 1 saturated carbocycles. The summed E-state index contributed by atoms with van der Waals surface area (Å²) in [7, 11) is -1.42. The van der Waals surface area contributed by atoms with Crippen LogP contribution in [0.5, 0.6) is 0 Å². The Labute approximate surface area is 113 Å². The Hall–Kier alpha value is -0.430. The van der Waals surface area contributed by atoms with Gasteiger partial charge in [-0.3, -0.25) is 0 Å². The van der Waals surface area contributed by atoms with Crippen molar-refractivity contribution in [3.8, 4) is 0 Å². The molecule has 1 N–H and O–H groups in total. The minimum atomic E-state index is -3.20. The number of nitrogens with zero attached hydrogens (tertiary/aromatic N) is 1. The van der Waals surface area contributed by atoms with Crippen LogP contribution in [0.4, 0.5) is 0 Å². The zero-order chi connectivity index (χ0) is 13.2. The van der Waals surface area contributed by atoms with E-state index in [1.165, 1.54) is 0 Å². The second kappa shape index (κ2) is 5.69. The van der Waals surface area contributed by atoms with E-state index in [1.807, 2.05) is 16.8 Å². The van der Waals surface area contributed by atoms with Gasteiger partial charge in [0.25, 0.3) is 0 Å². The fraction of sp³-hybridized carbons (Fsp3) is 0.667. The minimum Gasteiger partial charge on any atom is -0.318 e. The zero-order valence-corrected chi connectivity index (χ0v) is 12.4. The normalized spacial score (nSPS) is 18.2. The predicted octanol–water partition coefficient (Wildman–Crippen LogP) is 1.65. The van der Waals surface area contributed by atoms with Crippen molar-refractivity contribution < 1.29 is 8.42 Å². The van der Waals surface area contributed by atoms with Gasteiger partial charge in [-0.2, -0.15) is 15.6 Å². The Morgan fingerprint density at radius 2 is 2.28 bits per heavy atom. The number of hydrogen-bond acceptors (Lipinski definition) is 4. The van der Waals surface area contributed by atoms with Crippen LogP contribution in [-0.4, -0.2) is 37.6 Å². The standard InChI is InChI=1S/C12H20N2O2S2/c1-10(7-13-2)18(15,16)14(12-3-4-12)8-11-5-6-17-9-11/h5-6,9-10,12-13H,3-4,7-8H2,1-2H3. The Morgan fingerprint density at radius 1 is 1.56 bits per heavy atom. The van der Waals surface area contributed by atoms with Gasteiger partial charge in [-0.1, -0.05) is 0 Å². The van der Waals surface area contributed by atoms with E-state index in [9.17, 15) is 8.42 Å². The van der Waals surface area contributed by atoms with Gasteiger partial charge in [-0.15, -0.1) is 0 Å². The predicted molar refractivity (Wildman–Crippen MR) is 75.2 cm³/mol. The van der Waals surface area contributed by atoms with E-state index in [1.54, 1.807) is 29.6 Å². The molecule has 1 aromatic heterocycles. The van der Waals surface area contributed by atoms with Crippen molar-refractivity contribution in [3.63, 3.8) is 0 Å². The first-order chi connectivity index (χ1) is 8.55. The molecule has 1 aliphatic carbocycles. The first kappa shape index (κ1) is 14.0. The lowest BCUT2D eigenvalue weighted by molar-refractivity contribution is 0.392. The Kier molecular flexibility index (Phi) is 4.42. The highest BCUT2D eigenvalue weighted by Crippen LogP contribution is 2.32. The molecule has 0 saturated heterocycles. The number of thiophene rings is 1. The summed E-state index contributed by atoms with van der Waals surface area (Å²) in [6.45, 7) is 2.79. The van der Waals surface area contributed by atoms with E-state index in [0.717, 1.165) is 18.4 Å². The van der Waals surface area contributed by atoms with Crippen LogP contribution >= 0.6 is 11.3 Å². The molecular formula is C12H20N2O2S2. The molecule has 18 heavy (non-hydrogen) atoms. The fourth-order valence-electron chi connectivity index (χ4n) is 1.98. The molecule has 1 fully saturated rings. The van der Waals surface area contributed by atoms with E-state index in [2.05, 4.69) is 5.32 Å². The highest BCUT2D eigenvalue weighted by atomic mass is 32.2. The molecule has 1 heterocycles. The Morgan fingerprint density at radius 3 is 2.78 bits per heavy atom. The largest absolute Gasteiger partial charge is 0.318 e. The van der Waals surface area contributed by atoms with Crippen LogP contribution in [0.3, 0.4) is 0 Å². The lowest BCUT2D eigenvalue weighted by Gasteiger charge is -2.25. The number of sulfonamides is 1. The SMILES string of the molecule is CNCC(C)S(=O)(=O)N(Cc1ccsc1)C1CC1. The van der Waals surface area contributed by atoms with E-state index >= 15 is 0 Å². The molecule has 1 unspecified atom stereocenters. The Bertz CT molecular complexity index is 466. The maximum absolute atomic E-state index is 12.5. The molecule has 0 amide bonds. The Balaban J connectivity index is 2.14. The van der Waals surface area contributed by atoms with E-state index in [0.29, 0.717) is 13.1 Å². The van der Waals surface area contributed by atoms with Crippen molar-refractivity contribution in [2.45, 2.75) is 37.6 Å². The lowest BCUT2D eigenvalue weighted by atomic mass is 10.3. The van der Waals surface area contributed by atoms with Crippen LogP contribution in [0.15, 0.2) is 16.8 Å². The molecule has 1 aliphatic rings. The van der Waals surface area contributed by atoms with Crippen LogP contribution in [0, 0.1) is 0 Å². The van der Waals surface area contributed by atoms with Gasteiger partial charge in [0.05, 0.1) is 5.25 Å². The van der Waals surface area contributed by atoms with Gasteiger partial charge in [0.15, 0.2) is 0 Å². The van der Waals surface area contributed by atoms with Gasteiger partial charge < -0.3 is 5.32 Å². The average Bonchev–Trinajstić information content (AvgIpc) is 3.03. The molecule has 2 rings (SSSR count). The molecule has 0 bridgehead atoms. The second-order valence-corrected chi connectivity index (χ2v) is 7.90. The van der Waals surface area contributed by atoms with Crippen molar-refractivity contribution in [2.75, 3.05) is 13.6 Å². The number of rotatable bonds is 7. The molecule has 1 aromatic rings. The molecule has 102 valence electrons.